The normalized spacial score (nSPS) is 13.2. The Bertz CT molecular complexity index is 1790. The molecular weight excluding hydrogens is 468 g/mol. The highest BCUT2D eigenvalue weighted by atomic mass is 14.3. The topological polar surface area (TPSA) is 0 Å². The van der Waals surface area contributed by atoms with E-state index in [2.05, 4.69) is 125 Å². The lowest BCUT2D eigenvalue weighted by atomic mass is 9.85. The van der Waals surface area contributed by atoms with Gasteiger partial charge < -0.3 is 0 Å². The zero-order valence-corrected chi connectivity index (χ0v) is 23.8. The summed E-state index contributed by atoms with van der Waals surface area (Å²) in [5, 5.41) is 5.70. The van der Waals surface area contributed by atoms with Crippen LogP contribution >= 0.6 is 0 Å². The molecule has 0 radical (unpaired) electrons. The fourth-order valence-corrected chi connectivity index (χ4v) is 6.86. The molecule has 0 spiro atoms. The predicted octanol–water partition coefficient (Wildman–Crippen LogP) is 8.23. The average molecular weight is 507 g/mol. The first-order valence-corrected chi connectivity index (χ1v) is 14.6. The van der Waals surface area contributed by atoms with Crippen LogP contribution in [0.15, 0.2) is 91.0 Å². The lowest BCUT2D eigenvalue weighted by Gasteiger charge is -2.19. The average Bonchev–Trinajstić information content (AvgIpc) is 3.61. The van der Waals surface area contributed by atoms with Crippen molar-refractivity contribution in [1.29, 1.82) is 0 Å². The minimum absolute atomic E-state index is 1.02. The van der Waals surface area contributed by atoms with E-state index in [4.69, 9.17) is 0 Å². The number of rotatable bonds is 7. The van der Waals surface area contributed by atoms with Gasteiger partial charge in [-0.05, 0) is 116 Å². The van der Waals surface area contributed by atoms with Crippen LogP contribution in [0.5, 0.6) is 0 Å². The Morgan fingerprint density at radius 1 is 0.744 bits per heavy atom. The second-order valence-corrected chi connectivity index (χ2v) is 11.1. The van der Waals surface area contributed by atoms with Gasteiger partial charge in [0.1, 0.15) is 0 Å². The summed E-state index contributed by atoms with van der Waals surface area (Å²) in [6, 6.07) is 26.8. The molecule has 0 amide bonds. The number of allylic oxidation sites excluding steroid dienone is 4. The van der Waals surface area contributed by atoms with Crippen LogP contribution in [0.4, 0.5) is 0 Å². The van der Waals surface area contributed by atoms with Crippen LogP contribution in [0.25, 0.3) is 17.2 Å². The van der Waals surface area contributed by atoms with Gasteiger partial charge in [-0.2, -0.15) is 0 Å². The van der Waals surface area contributed by atoms with E-state index in [0.29, 0.717) is 0 Å². The number of hydrogen-bond acceptors (Lipinski definition) is 0. The fraction of sp³-hybridized carbons (Fsp3) is 0.231. The van der Waals surface area contributed by atoms with Crippen LogP contribution in [0.3, 0.4) is 0 Å². The Morgan fingerprint density at radius 3 is 1.97 bits per heavy atom. The monoisotopic (exact) mass is 506 g/mol. The van der Waals surface area contributed by atoms with Crippen molar-refractivity contribution in [2.75, 3.05) is 0 Å². The minimum Gasteiger partial charge on any atom is -0.0801 e. The third-order valence-corrected chi connectivity index (χ3v) is 8.38. The number of aryl methyl sites for hydroxylation is 1. The van der Waals surface area contributed by atoms with E-state index in [0.717, 1.165) is 32.1 Å². The molecule has 4 aromatic rings. The number of hydrogen-bond donors (Lipinski definition) is 0. The fourth-order valence-electron chi connectivity index (χ4n) is 6.86. The molecule has 2 aliphatic carbocycles. The number of fused-ring (bicyclic) bond motifs is 2. The van der Waals surface area contributed by atoms with E-state index in [-0.39, 0.29) is 0 Å². The first-order valence-electron chi connectivity index (χ1n) is 14.6. The van der Waals surface area contributed by atoms with Gasteiger partial charge in [-0.15, -0.1) is 0 Å². The highest BCUT2D eigenvalue weighted by Crippen LogP contribution is 2.31. The minimum atomic E-state index is 1.02. The van der Waals surface area contributed by atoms with Crippen LogP contribution in [-0.4, -0.2) is 0 Å². The van der Waals surface area contributed by atoms with Gasteiger partial charge in [0.15, 0.2) is 0 Å². The molecule has 4 aromatic carbocycles. The molecule has 0 heterocycles. The summed E-state index contributed by atoms with van der Waals surface area (Å²) in [4.78, 5) is 0. The SMILES string of the molecule is CCCc1c(C)c(C2=CC=CC2)c2c(c1CCC)=c1c(cc(C)cc1=C(c1ccccc1)c1ccccc1)C=2. The molecule has 0 N–H and O–H groups in total. The van der Waals surface area contributed by atoms with Crippen molar-refractivity contribution in [2.45, 2.75) is 59.8 Å². The largest absolute Gasteiger partial charge is 0.0801 e. The summed E-state index contributed by atoms with van der Waals surface area (Å²) in [7, 11) is 0. The maximum atomic E-state index is 2.51. The molecule has 6 rings (SSSR count). The predicted molar refractivity (Wildman–Crippen MR) is 167 cm³/mol. The molecule has 194 valence electrons. The molecule has 0 aliphatic heterocycles. The number of benzene rings is 4. The lowest BCUT2D eigenvalue weighted by Crippen LogP contribution is -2.19. The van der Waals surface area contributed by atoms with Crippen molar-refractivity contribution in [2.24, 2.45) is 0 Å². The molecule has 0 heteroatoms. The van der Waals surface area contributed by atoms with Gasteiger partial charge in [-0.25, -0.2) is 0 Å². The van der Waals surface area contributed by atoms with E-state index < -0.39 is 0 Å². The summed E-state index contributed by atoms with van der Waals surface area (Å²) < 4.78 is 0. The van der Waals surface area contributed by atoms with Gasteiger partial charge in [-0.3, -0.25) is 0 Å². The van der Waals surface area contributed by atoms with Crippen LogP contribution in [0, 0.1) is 24.3 Å². The molecule has 0 fully saturated rings. The summed E-state index contributed by atoms with van der Waals surface area (Å²) in [5.41, 5.74) is 14.1. The van der Waals surface area contributed by atoms with Gasteiger partial charge in [0.2, 0.25) is 0 Å². The Labute approximate surface area is 233 Å². The van der Waals surface area contributed by atoms with Crippen molar-refractivity contribution in [3.05, 3.63) is 156 Å². The molecule has 0 saturated carbocycles. The van der Waals surface area contributed by atoms with E-state index in [1.54, 1.807) is 11.1 Å². The van der Waals surface area contributed by atoms with E-state index >= 15 is 0 Å². The van der Waals surface area contributed by atoms with E-state index in [1.807, 2.05) is 0 Å². The van der Waals surface area contributed by atoms with E-state index in [9.17, 15) is 0 Å². The van der Waals surface area contributed by atoms with Crippen molar-refractivity contribution in [3.8, 4) is 0 Å². The van der Waals surface area contributed by atoms with Crippen LogP contribution in [-0.2, 0) is 12.8 Å². The third-order valence-electron chi connectivity index (χ3n) is 8.38. The third kappa shape index (κ3) is 4.43. The summed E-state index contributed by atoms with van der Waals surface area (Å²) >= 11 is 0. The summed E-state index contributed by atoms with van der Waals surface area (Å²) in [6.45, 7) is 9.28. The molecule has 0 unspecified atom stereocenters. The summed E-state index contributed by atoms with van der Waals surface area (Å²) in [6.07, 6.45) is 15.0. The van der Waals surface area contributed by atoms with Crippen molar-refractivity contribution in [3.63, 3.8) is 0 Å². The summed E-state index contributed by atoms with van der Waals surface area (Å²) in [5.74, 6) is 0. The molecule has 0 saturated heterocycles. The molecule has 0 aromatic heterocycles. The van der Waals surface area contributed by atoms with Crippen LogP contribution in [0.2, 0.25) is 0 Å². The van der Waals surface area contributed by atoms with Gasteiger partial charge in [0, 0.05) is 0 Å². The molecule has 0 atom stereocenters. The molecule has 0 bridgehead atoms. The molecule has 2 aliphatic rings. The quantitative estimate of drug-likeness (QED) is 0.209. The Kier molecular flexibility index (Phi) is 6.96. The van der Waals surface area contributed by atoms with Crippen molar-refractivity contribution in [1.82, 2.24) is 0 Å². The second-order valence-electron chi connectivity index (χ2n) is 11.1. The van der Waals surface area contributed by atoms with Crippen LogP contribution < -0.4 is 10.4 Å². The van der Waals surface area contributed by atoms with Crippen molar-refractivity contribution >= 4 is 17.2 Å². The zero-order chi connectivity index (χ0) is 26.9. The van der Waals surface area contributed by atoms with Crippen LogP contribution in [0.1, 0.15) is 77.6 Å². The van der Waals surface area contributed by atoms with Gasteiger partial charge in [0.05, 0.1) is 0 Å². The smallest absolute Gasteiger partial charge is 0.00229 e. The highest BCUT2D eigenvalue weighted by molar-refractivity contribution is 5.82. The Morgan fingerprint density at radius 2 is 1.38 bits per heavy atom. The Balaban J connectivity index is 1.92. The zero-order valence-electron chi connectivity index (χ0n) is 23.8. The standard InChI is InChI=1S/C39H38/c1-5-15-32-27(4)36(28-21-13-14-22-28)35-25-31-23-26(3)24-34(38(31)39(35)33(32)16-6-2)37(29-17-9-7-10-18-29)30-19-11-8-12-20-30/h7-14,17-21,23-25H,5-6,15-16,22H2,1-4H3. The molecule has 39 heavy (non-hydrogen) atoms. The van der Waals surface area contributed by atoms with Gasteiger partial charge in [-0.1, -0.05) is 118 Å². The molecule has 0 nitrogen and oxygen atoms in total. The first-order chi connectivity index (χ1) is 19.1. The maximum absolute atomic E-state index is 2.51. The van der Waals surface area contributed by atoms with Gasteiger partial charge in [0.25, 0.3) is 0 Å². The lowest BCUT2D eigenvalue weighted by molar-refractivity contribution is 0.845. The first kappa shape index (κ1) is 25.4. The Hall–Kier alpha value is -3.90. The van der Waals surface area contributed by atoms with Gasteiger partial charge >= 0.3 is 0 Å². The second kappa shape index (κ2) is 10.7. The van der Waals surface area contributed by atoms with E-state index in [1.165, 1.54) is 65.4 Å². The highest BCUT2D eigenvalue weighted by Gasteiger charge is 2.21. The molecular formula is C39H38. The maximum Gasteiger partial charge on any atom is -0.00229 e. The van der Waals surface area contributed by atoms with Crippen molar-refractivity contribution < 1.29 is 0 Å².